The normalized spacial score (nSPS) is 14.1. The van der Waals surface area contributed by atoms with Crippen molar-refractivity contribution in [2.75, 3.05) is 36.8 Å². The van der Waals surface area contributed by atoms with Gasteiger partial charge in [-0.2, -0.15) is 9.97 Å². The number of carbonyl (C=O) groups excluding carboxylic acids is 1. The van der Waals surface area contributed by atoms with Crippen molar-refractivity contribution in [1.82, 2.24) is 30.2 Å². The highest BCUT2D eigenvalue weighted by molar-refractivity contribution is 5.85. The molecule has 0 spiro atoms. The van der Waals surface area contributed by atoms with Crippen LogP contribution in [0, 0.1) is 6.92 Å². The Labute approximate surface area is 204 Å². The van der Waals surface area contributed by atoms with Gasteiger partial charge in [0.25, 0.3) is 0 Å². The first kappa shape index (κ1) is 22.5. The third-order valence-electron chi connectivity index (χ3n) is 6.08. The molecule has 1 aliphatic heterocycles. The summed E-state index contributed by atoms with van der Waals surface area (Å²) in [6.45, 7) is 5.12. The van der Waals surface area contributed by atoms with E-state index in [0.717, 1.165) is 29.8 Å². The Morgan fingerprint density at radius 3 is 2.69 bits per heavy atom. The molecule has 1 saturated heterocycles. The van der Waals surface area contributed by atoms with Crippen LogP contribution in [0.2, 0.25) is 0 Å². The summed E-state index contributed by atoms with van der Waals surface area (Å²) in [6.07, 6.45) is 2.51. The molecule has 3 N–H and O–H groups in total. The smallest absolute Gasteiger partial charge is 0.317 e. The molecular weight excluding hydrogens is 440 g/mol. The van der Waals surface area contributed by atoms with E-state index >= 15 is 0 Å². The van der Waals surface area contributed by atoms with E-state index < -0.39 is 0 Å². The van der Waals surface area contributed by atoms with Crippen molar-refractivity contribution in [1.29, 1.82) is 0 Å². The van der Waals surface area contributed by atoms with E-state index in [-0.39, 0.29) is 12.0 Å². The summed E-state index contributed by atoms with van der Waals surface area (Å²) in [5.41, 5.74) is 11.1. The Morgan fingerprint density at radius 1 is 1.00 bits per heavy atom. The van der Waals surface area contributed by atoms with Crippen LogP contribution in [-0.4, -0.2) is 57.0 Å². The lowest BCUT2D eigenvalue weighted by Gasteiger charge is -2.24. The highest BCUT2D eigenvalue weighted by atomic mass is 16.2. The van der Waals surface area contributed by atoms with Gasteiger partial charge in [0.05, 0.1) is 11.9 Å². The number of nitrogens with zero attached hydrogens (tertiary/aromatic N) is 6. The largest absolute Gasteiger partial charge is 0.368 e. The van der Waals surface area contributed by atoms with Crippen molar-refractivity contribution in [2.45, 2.75) is 19.9 Å². The molecule has 0 radical (unpaired) electrons. The number of aromatic nitrogens is 4. The summed E-state index contributed by atoms with van der Waals surface area (Å²) in [5.74, 6) is 0.811. The zero-order chi connectivity index (χ0) is 24.2. The van der Waals surface area contributed by atoms with Crippen LogP contribution in [0.15, 0.2) is 60.8 Å². The number of carbonyl (C=O) groups is 1. The van der Waals surface area contributed by atoms with E-state index in [2.05, 4.69) is 31.2 Å². The van der Waals surface area contributed by atoms with E-state index in [1.54, 1.807) is 6.20 Å². The van der Waals surface area contributed by atoms with E-state index in [4.69, 9.17) is 10.7 Å². The van der Waals surface area contributed by atoms with Crippen LogP contribution in [0.3, 0.4) is 0 Å². The molecule has 2 aromatic heterocycles. The molecule has 35 heavy (non-hydrogen) atoms. The number of anilines is 2. The predicted octanol–water partition coefficient (Wildman–Crippen LogP) is 3.40. The van der Waals surface area contributed by atoms with E-state index in [1.165, 1.54) is 5.56 Å². The summed E-state index contributed by atoms with van der Waals surface area (Å²) >= 11 is 0. The number of fused-ring (bicyclic) bond motifs is 1. The number of nitrogens with two attached hydrogens (primary N) is 1. The van der Waals surface area contributed by atoms with Gasteiger partial charge in [0.15, 0.2) is 17.0 Å². The van der Waals surface area contributed by atoms with Gasteiger partial charge in [0.2, 0.25) is 5.95 Å². The molecule has 0 unspecified atom stereocenters. The first-order valence-electron chi connectivity index (χ1n) is 11.8. The van der Waals surface area contributed by atoms with Crippen LogP contribution < -0.4 is 16.0 Å². The quantitative estimate of drug-likeness (QED) is 0.472. The highest BCUT2D eigenvalue weighted by Crippen LogP contribution is 2.26. The van der Waals surface area contributed by atoms with Gasteiger partial charge >= 0.3 is 6.03 Å². The van der Waals surface area contributed by atoms with Crippen molar-refractivity contribution in [2.24, 2.45) is 0 Å². The molecule has 0 saturated carbocycles. The summed E-state index contributed by atoms with van der Waals surface area (Å²) < 4.78 is 0. The van der Waals surface area contributed by atoms with E-state index in [0.29, 0.717) is 43.2 Å². The second-order valence-corrected chi connectivity index (χ2v) is 8.67. The topological polar surface area (TPSA) is 113 Å². The van der Waals surface area contributed by atoms with Crippen LogP contribution in [0.5, 0.6) is 0 Å². The van der Waals surface area contributed by atoms with Gasteiger partial charge in [-0.3, -0.25) is 0 Å². The summed E-state index contributed by atoms with van der Waals surface area (Å²) in [5, 5.41) is 3.04. The molecule has 4 aromatic rings. The monoisotopic (exact) mass is 468 g/mol. The Morgan fingerprint density at radius 2 is 1.86 bits per heavy atom. The molecule has 0 atom stereocenters. The van der Waals surface area contributed by atoms with Crippen molar-refractivity contribution in [3.63, 3.8) is 0 Å². The predicted molar refractivity (Wildman–Crippen MR) is 137 cm³/mol. The van der Waals surface area contributed by atoms with Crippen LogP contribution in [-0.2, 0) is 6.54 Å². The molecular formula is C26H28N8O. The Kier molecular flexibility index (Phi) is 6.38. The number of nitrogen functional groups attached to an aromatic ring is 1. The van der Waals surface area contributed by atoms with Crippen molar-refractivity contribution >= 4 is 29.0 Å². The Bertz CT molecular complexity index is 1340. The molecule has 2 amide bonds. The fourth-order valence-corrected chi connectivity index (χ4v) is 4.32. The lowest BCUT2D eigenvalue weighted by atomic mass is 10.1. The van der Waals surface area contributed by atoms with Gasteiger partial charge in [-0.15, -0.1) is 0 Å². The fraction of sp³-hybridized carbons (Fsp3) is 0.269. The lowest BCUT2D eigenvalue weighted by molar-refractivity contribution is 0.201. The fourth-order valence-electron chi connectivity index (χ4n) is 4.32. The average Bonchev–Trinajstić information content (AvgIpc) is 3.13. The van der Waals surface area contributed by atoms with Gasteiger partial charge < -0.3 is 20.9 Å². The number of urea groups is 1. The van der Waals surface area contributed by atoms with Gasteiger partial charge in [0.1, 0.15) is 0 Å². The number of hydrogen-bond acceptors (Lipinski definition) is 7. The summed E-state index contributed by atoms with van der Waals surface area (Å²) in [4.78, 5) is 35.0. The minimum atomic E-state index is -0.0634. The number of hydrogen-bond donors (Lipinski definition) is 2. The number of nitrogens with one attached hydrogen (secondary N) is 1. The second-order valence-electron chi connectivity index (χ2n) is 8.67. The third-order valence-corrected chi connectivity index (χ3v) is 6.08. The maximum atomic E-state index is 12.8. The highest BCUT2D eigenvalue weighted by Gasteiger charge is 2.23. The molecule has 5 rings (SSSR count). The molecule has 0 aliphatic carbocycles. The maximum absolute atomic E-state index is 12.8. The van der Waals surface area contributed by atoms with Crippen LogP contribution in [0.1, 0.15) is 17.5 Å². The summed E-state index contributed by atoms with van der Waals surface area (Å²) in [7, 11) is 0. The number of benzene rings is 2. The lowest BCUT2D eigenvalue weighted by Crippen LogP contribution is -2.41. The van der Waals surface area contributed by atoms with Crippen molar-refractivity contribution in [3.05, 3.63) is 71.9 Å². The molecule has 2 aromatic carbocycles. The zero-order valence-corrected chi connectivity index (χ0v) is 19.7. The SMILES string of the molecule is Cc1cccc(CNC(=O)N2CCCN(c3nc(N)nc4ncc(-c5ccccc5)nc34)CC2)c1. The standard InChI is InChI=1S/C26H28N8O/c1-18-7-5-8-19(15-18)16-29-26(35)34-12-6-11-33(13-14-34)24-22-23(31-25(27)32-24)28-17-21(30-22)20-9-3-2-4-10-20/h2-5,7-10,15,17H,6,11-14,16H2,1H3,(H,29,35)(H2,27,28,31,32). The summed E-state index contributed by atoms with van der Waals surface area (Å²) in [6, 6.07) is 18.0. The first-order valence-corrected chi connectivity index (χ1v) is 11.8. The van der Waals surface area contributed by atoms with Gasteiger partial charge in [-0.05, 0) is 18.9 Å². The minimum absolute atomic E-state index is 0.0634. The minimum Gasteiger partial charge on any atom is -0.368 e. The van der Waals surface area contributed by atoms with Crippen LogP contribution in [0.25, 0.3) is 22.4 Å². The molecule has 0 bridgehead atoms. The van der Waals surface area contributed by atoms with Crippen molar-refractivity contribution in [3.8, 4) is 11.3 Å². The third kappa shape index (κ3) is 5.13. The molecule has 3 heterocycles. The van der Waals surface area contributed by atoms with Crippen LogP contribution in [0.4, 0.5) is 16.6 Å². The molecule has 1 fully saturated rings. The van der Waals surface area contributed by atoms with E-state index in [9.17, 15) is 4.79 Å². The molecule has 9 heteroatoms. The Balaban J connectivity index is 1.33. The molecule has 1 aliphatic rings. The number of rotatable bonds is 4. The first-order chi connectivity index (χ1) is 17.1. The van der Waals surface area contributed by atoms with Gasteiger partial charge in [-0.25, -0.2) is 14.8 Å². The second kappa shape index (κ2) is 9.92. The number of aryl methyl sites for hydroxylation is 1. The molecule has 178 valence electrons. The Hall–Kier alpha value is -4.27. The van der Waals surface area contributed by atoms with Gasteiger partial charge in [-0.1, -0.05) is 60.2 Å². The molecule has 9 nitrogen and oxygen atoms in total. The maximum Gasteiger partial charge on any atom is 0.317 e. The average molecular weight is 469 g/mol. The number of amides is 2. The zero-order valence-electron chi connectivity index (χ0n) is 19.7. The van der Waals surface area contributed by atoms with E-state index in [1.807, 2.05) is 60.4 Å². The van der Waals surface area contributed by atoms with Crippen LogP contribution >= 0.6 is 0 Å². The van der Waals surface area contributed by atoms with Gasteiger partial charge in [0, 0.05) is 38.3 Å². The van der Waals surface area contributed by atoms with Crippen molar-refractivity contribution < 1.29 is 4.79 Å².